The number of hydrogen-bond acceptors (Lipinski definition) is 8. The van der Waals surface area contributed by atoms with Gasteiger partial charge in [0.05, 0.1) is 17.9 Å². The van der Waals surface area contributed by atoms with Gasteiger partial charge in [0.1, 0.15) is 5.78 Å². The summed E-state index contributed by atoms with van der Waals surface area (Å²) in [6, 6.07) is 0.996. The Bertz CT molecular complexity index is 715. The van der Waals surface area contributed by atoms with Crippen molar-refractivity contribution in [3.05, 3.63) is 12.4 Å². The van der Waals surface area contributed by atoms with Gasteiger partial charge in [0.15, 0.2) is 8.87 Å². The van der Waals surface area contributed by atoms with Crippen molar-refractivity contribution < 1.29 is 18.0 Å². The van der Waals surface area contributed by atoms with Crippen LogP contribution in [-0.2, 0) is 18.5 Å². The highest BCUT2D eigenvalue weighted by Crippen LogP contribution is 2.34. The molecule has 2 fully saturated rings. The molecule has 7 nitrogen and oxygen atoms in total. The van der Waals surface area contributed by atoms with Crippen molar-refractivity contribution in [1.82, 2.24) is 16.0 Å². The summed E-state index contributed by atoms with van der Waals surface area (Å²) in [5.41, 5.74) is 0. The quantitative estimate of drug-likeness (QED) is 0.224. The minimum absolute atomic E-state index is 0.0372. The number of ketones is 1. The molecule has 10 heteroatoms. The Labute approximate surface area is 195 Å². The zero-order valence-electron chi connectivity index (χ0n) is 18.5. The first kappa shape index (κ1) is 26.4. The number of carbonyl (C=O) groups excluding carboxylic acids is 2. The van der Waals surface area contributed by atoms with Crippen LogP contribution >= 0.6 is 22.6 Å². The molecule has 0 aromatic carbocycles. The number of nitrogens with one attached hydrogen (secondary N) is 3. The molecule has 0 saturated carbocycles. The standard InChI is InChI=1S/C21H37N3O4S3/c1-16-23-18-15-29-19(21(18)24-16)11-8-7-10-17(25)9-5-3-4-6-12-20(26)22-13-14-30-31(2,27)28/h18-19,21,23-24H,1,3-15H2,2H3,(H,22,26)/t18?,19-,21?/m0/s1. The largest absolute Gasteiger partial charge is 0.367 e. The lowest BCUT2D eigenvalue weighted by molar-refractivity contribution is -0.121. The maximum Gasteiger partial charge on any atom is 0.220 e. The van der Waals surface area contributed by atoms with Gasteiger partial charge in [0.25, 0.3) is 0 Å². The SMILES string of the molecule is C=C1NC2CS[C@@H](CCCCC(=O)CCCCCCC(=O)NCCSS(C)(=O)=O)C2N1. The van der Waals surface area contributed by atoms with Crippen molar-refractivity contribution >= 4 is 43.1 Å². The second-order valence-corrected chi connectivity index (χ2v) is 14.2. The molecule has 1 amide bonds. The normalized spacial score (nSPS) is 22.6. The maximum atomic E-state index is 12.1. The lowest BCUT2D eigenvalue weighted by atomic mass is 10.0. The van der Waals surface area contributed by atoms with Gasteiger partial charge < -0.3 is 16.0 Å². The Morgan fingerprint density at radius 1 is 1.10 bits per heavy atom. The zero-order chi connectivity index (χ0) is 22.7. The highest BCUT2D eigenvalue weighted by atomic mass is 33.1. The highest BCUT2D eigenvalue weighted by Gasteiger charge is 2.40. The molecule has 0 aromatic rings. The van der Waals surface area contributed by atoms with E-state index in [4.69, 9.17) is 0 Å². The molecular formula is C21H37N3O4S3. The smallest absolute Gasteiger partial charge is 0.220 e. The van der Waals surface area contributed by atoms with Gasteiger partial charge in [-0.25, -0.2) is 8.42 Å². The molecule has 2 saturated heterocycles. The minimum atomic E-state index is -3.04. The first-order chi connectivity index (χ1) is 14.7. The molecule has 2 rings (SSSR count). The summed E-state index contributed by atoms with van der Waals surface area (Å²) in [5, 5.41) is 10.2. The fourth-order valence-electron chi connectivity index (χ4n) is 3.97. The second-order valence-electron chi connectivity index (χ2n) is 8.35. The van der Waals surface area contributed by atoms with E-state index in [1.54, 1.807) is 0 Å². The number of carbonyl (C=O) groups is 2. The highest BCUT2D eigenvalue weighted by molar-refractivity contribution is 8.71. The van der Waals surface area contributed by atoms with Crippen LogP contribution < -0.4 is 16.0 Å². The molecule has 2 heterocycles. The number of Topliss-reactive ketones (excluding diaryl/α,β-unsaturated/α-hetero) is 1. The van der Waals surface area contributed by atoms with Crippen molar-refractivity contribution in [2.45, 2.75) is 81.5 Å². The Morgan fingerprint density at radius 2 is 1.77 bits per heavy atom. The number of rotatable bonds is 16. The fourth-order valence-corrected chi connectivity index (χ4v) is 7.16. The molecule has 2 aliphatic rings. The van der Waals surface area contributed by atoms with Crippen LogP contribution in [0.4, 0.5) is 0 Å². The Morgan fingerprint density at radius 3 is 2.48 bits per heavy atom. The van der Waals surface area contributed by atoms with Crippen LogP contribution in [0.25, 0.3) is 0 Å². The lowest BCUT2D eigenvalue weighted by Crippen LogP contribution is -2.36. The molecule has 3 atom stereocenters. The summed E-state index contributed by atoms with van der Waals surface area (Å²) in [6.45, 7) is 4.32. The molecule has 0 bridgehead atoms. The molecule has 2 aliphatic heterocycles. The Hall–Kier alpha value is -0.870. The van der Waals surface area contributed by atoms with Crippen LogP contribution in [0.3, 0.4) is 0 Å². The van der Waals surface area contributed by atoms with Gasteiger partial charge in [-0.15, -0.1) is 0 Å². The maximum absolute atomic E-state index is 12.1. The summed E-state index contributed by atoms with van der Waals surface area (Å²) in [4.78, 5) is 23.8. The second kappa shape index (κ2) is 13.6. The molecule has 0 spiro atoms. The van der Waals surface area contributed by atoms with Crippen molar-refractivity contribution in [3.8, 4) is 0 Å². The van der Waals surface area contributed by atoms with Crippen LogP contribution in [0.2, 0.25) is 0 Å². The third-order valence-electron chi connectivity index (χ3n) is 5.55. The molecule has 2 unspecified atom stereocenters. The van der Waals surface area contributed by atoms with Gasteiger partial charge in [-0.05, 0) is 36.5 Å². The van der Waals surface area contributed by atoms with Crippen LogP contribution in [-0.4, -0.2) is 61.7 Å². The van der Waals surface area contributed by atoms with Crippen LogP contribution in [0.1, 0.15) is 64.2 Å². The van der Waals surface area contributed by atoms with Gasteiger partial charge in [0.2, 0.25) is 5.91 Å². The molecule has 0 radical (unpaired) electrons. The predicted octanol–water partition coefficient (Wildman–Crippen LogP) is 2.78. The van der Waals surface area contributed by atoms with Crippen LogP contribution in [0.15, 0.2) is 12.4 Å². The van der Waals surface area contributed by atoms with Gasteiger partial charge in [-0.2, -0.15) is 11.8 Å². The summed E-state index contributed by atoms with van der Waals surface area (Å²) in [5.74, 6) is 2.76. The first-order valence-corrected chi connectivity index (χ1v) is 15.7. The van der Waals surface area contributed by atoms with Gasteiger partial charge in [0, 0.05) is 48.8 Å². The third-order valence-corrected chi connectivity index (χ3v) is 9.64. The van der Waals surface area contributed by atoms with Crippen molar-refractivity contribution in [2.24, 2.45) is 0 Å². The van der Waals surface area contributed by atoms with Gasteiger partial charge >= 0.3 is 0 Å². The van der Waals surface area contributed by atoms with Gasteiger partial charge in [-0.1, -0.05) is 25.8 Å². The number of thioether (sulfide) groups is 1. The van der Waals surface area contributed by atoms with E-state index in [1.807, 2.05) is 11.8 Å². The van der Waals surface area contributed by atoms with Crippen LogP contribution in [0.5, 0.6) is 0 Å². The number of fused-ring (bicyclic) bond motifs is 1. The molecule has 178 valence electrons. The molecule has 3 N–H and O–H groups in total. The lowest BCUT2D eigenvalue weighted by Gasteiger charge is -2.17. The predicted molar refractivity (Wildman–Crippen MR) is 131 cm³/mol. The van der Waals surface area contributed by atoms with E-state index in [2.05, 4.69) is 22.5 Å². The van der Waals surface area contributed by atoms with E-state index in [0.717, 1.165) is 73.6 Å². The Kier molecular flexibility index (Phi) is 11.6. The first-order valence-electron chi connectivity index (χ1n) is 11.2. The average Bonchev–Trinajstić information content (AvgIpc) is 3.24. The van der Waals surface area contributed by atoms with E-state index in [9.17, 15) is 18.0 Å². The fraction of sp³-hybridized carbons (Fsp3) is 0.810. The summed E-state index contributed by atoms with van der Waals surface area (Å²) in [6.07, 6.45) is 9.75. The molecule has 0 aliphatic carbocycles. The number of unbranched alkanes of at least 4 members (excludes halogenated alkanes) is 4. The van der Waals surface area contributed by atoms with Crippen molar-refractivity contribution in [3.63, 3.8) is 0 Å². The Balaban J connectivity index is 1.38. The van der Waals surface area contributed by atoms with E-state index in [-0.39, 0.29) is 5.91 Å². The topological polar surface area (TPSA) is 104 Å². The minimum Gasteiger partial charge on any atom is -0.367 e. The van der Waals surface area contributed by atoms with E-state index in [0.29, 0.717) is 54.7 Å². The number of amides is 1. The number of hydrogen-bond donors (Lipinski definition) is 3. The van der Waals surface area contributed by atoms with Crippen molar-refractivity contribution in [1.29, 1.82) is 0 Å². The average molecular weight is 492 g/mol. The van der Waals surface area contributed by atoms with E-state index >= 15 is 0 Å². The third kappa shape index (κ3) is 11.0. The molecule has 0 aromatic heterocycles. The van der Waals surface area contributed by atoms with Crippen molar-refractivity contribution in [2.75, 3.05) is 24.3 Å². The summed E-state index contributed by atoms with van der Waals surface area (Å²) in [7, 11) is -2.20. The zero-order valence-corrected chi connectivity index (χ0v) is 20.9. The van der Waals surface area contributed by atoms with E-state index in [1.165, 1.54) is 0 Å². The molecule has 31 heavy (non-hydrogen) atoms. The monoisotopic (exact) mass is 491 g/mol. The summed E-state index contributed by atoms with van der Waals surface area (Å²) < 4.78 is 22.0. The van der Waals surface area contributed by atoms with Crippen LogP contribution in [0, 0.1) is 0 Å². The molecular weight excluding hydrogens is 454 g/mol. The van der Waals surface area contributed by atoms with E-state index < -0.39 is 8.87 Å². The summed E-state index contributed by atoms with van der Waals surface area (Å²) >= 11 is 2.02. The van der Waals surface area contributed by atoms with Gasteiger partial charge in [-0.3, -0.25) is 9.59 Å².